The van der Waals surface area contributed by atoms with Crippen molar-refractivity contribution in [1.29, 1.82) is 0 Å². The number of rotatable bonds is 2. The van der Waals surface area contributed by atoms with Crippen LogP contribution in [0.1, 0.15) is 25.5 Å². The summed E-state index contributed by atoms with van der Waals surface area (Å²) in [5, 5.41) is 0.465. The van der Waals surface area contributed by atoms with Crippen LogP contribution in [0.5, 0.6) is 0 Å². The first-order valence-corrected chi connectivity index (χ1v) is 7.22. The second kappa shape index (κ2) is 5.24. The number of furan rings is 1. The Morgan fingerprint density at radius 1 is 1.35 bits per heavy atom. The Morgan fingerprint density at radius 3 is 2.59 bits per heavy atom. The van der Waals surface area contributed by atoms with E-state index in [2.05, 4.69) is 62.3 Å². The minimum atomic E-state index is 0.291. The summed E-state index contributed by atoms with van der Waals surface area (Å²) >= 11 is 11.5. The van der Waals surface area contributed by atoms with Crippen LogP contribution in [0.3, 0.4) is 0 Å². The van der Waals surface area contributed by atoms with Crippen molar-refractivity contribution in [1.82, 2.24) is 9.97 Å². The summed E-state index contributed by atoms with van der Waals surface area (Å²) in [6.45, 7) is 4.14. The molecule has 2 rings (SSSR count). The molecule has 0 saturated carbocycles. The third kappa shape index (κ3) is 2.82. The van der Waals surface area contributed by atoms with Crippen LogP contribution in [0, 0.1) is 3.57 Å². The van der Waals surface area contributed by atoms with E-state index in [1.165, 1.54) is 0 Å². The van der Waals surface area contributed by atoms with Gasteiger partial charge in [0.25, 0.3) is 0 Å². The number of nitrogens with zero attached hydrogens (tertiary/aromatic N) is 2. The van der Waals surface area contributed by atoms with Crippen molar-refractivity contribution in [2.45, 2.75) is 19.8 Å². The molecule has 0 unspecified atom stereocenters. The molecule has 0 N–H and O–H groups in total. The number of hydrogen-bond acceptors (Lipinski definition) is 3. The average molecular weight is 427 g/mol. The fourth-order valence-corrected chi connectivity index (χ4v) is 2.71. The van der Waals surface area contributed by atoms with Crippen molar-refractivity contribution in [3.8, 4) is 11.6 Å². The molecular formula is C11H9BrClIN2O. The minimum Gasteiger partial charge on any atom is -0.446 e. The van der Waals surface area contributed by atoms with Gasteiger partial charge in [0, 0.05) is 0 Å². The predicted molar refractivity (Wildman–Crippen MR) is 79.3 cm³/mol. The summed E-state index contributed by atoms with van der Waals surface area (Å²) in [5.74, 6) is 1.42. The van der Waals surface area contributed by atoms with Crippen LogP contribution in [-0.2, 0) is 0 Å². The highest BCUT2D eigenvalue weighted by Crippen LogP contribution is 2.29. The van der Waals surface area contributed by atoms with Crippen molar-refractivity contribution >= 4 is 50.1 Å². The van der Waals surface area contributed by atoms with Crippen LogP contribution in [0.15, 0.2) is 21.2 Å². The van der Waals surface area contributed by atoms with Gasteiger partial charge in [-0.2, -0.15) is 0 Å². The fraction of sp³-hybridized carbons (Fsp3) is 0.273. The highest BCUT2D eigenvalue weighted by atomic mass is 127. The molecule has 0 amide bonds. The van der Waals surface area contributed by atoms with E-state index >= 15 is 0 Å². The zero-order valence-electron chi connectivity index (χ0n) is 9.17. The second-order valence-corrected chi connectivity index (χ2v) is 6.01. The van der Waals surface area contributed by atoms with Gasteiger partial charge in [-0.1, -0.05) is 25.4 Å². The van der Waals surface area contributed by atoms with Crippen LogP contribution in [-0.4, -0.2) is 9.97 Å². The molecule has 2 heterocycles. The third-order valence-corrected chi connectivity index (χ3v) is 4.26. The van der Waals surface area contributed by atoms with Crippen LogP contribution in [0.4, 0.5) is 0 Å². The van der Waals surface area contributed by atoms with Crippen molar-refractivity contribution in [2.24, 2.45) is 0 Å². The highest BCUT2D eigenvalue weighted by Gasteiger charge is 2.16. The van der Waals surface area contributed by atoms with E-state index in [9.17, 15) is 0 Å². The molecule has 17 heavy (non-hydrogen) atoms. The van der Waals surface area contributed by atoms with Gasteiger partial charge < -0.3 is 4.42 Å². The Labute approximate surface area is 126 Å². The van der Waals surface area contributed by atoms with Crippen LogP contribution < -0.4 is 0 Å². The van der Waals surface area contributed by atoms with Crippen LogP contribution in [0.25, 0.3) is 11.6 Å². The van der Waals surface area contributed by atoms with Gasteiger partial charge in [0.15, 0.2) is 16.3 Å². The Balaban J connectivity index is 2.56. The Hall–Kier alpha value is -0.140. The van der Waals surface area contributed by atoms with Gasteiger partial charge in [-0.05, 0) is 56.6 Å². The van der Waals surface area contributed by atoms with Crippen molar-refractivity contribution < 1.29 is 4.42 Å². The Morgan fingerprint density at radius 2 is 2.06 bits per heavy atom. The van der Waals surface area contributed by atoms with Gasteiger partial charge in [-0.15, -0.1) is 0 Å². The molecule has 0 fully saturated rings. The number of hydrogen-bond donors (Lipinski definition) is 0. The summed E-state index contributed by atoms with van der Waals surface area (Å²) in [6, 6.07) is 3.62. The van der Waals surface area contributed by atoms with Gasteiger partial charge in [0.1, 0.15) is 5.15 Å². The van der Waals surface area contributed by atoms with Gasteiger partial charge in [-0.25, -0.2) is 9.97 Å². The first-order valence-electron chi connectivity index (χ1n) is 4.97. The average Bonchev–Trinajstić information content (AvgIpc) is 2.68. The molecule has 0 aliphatic carbocycles. The van der Waals surface area contributed by atoms with E-state index in [0.29, 0.717) is 27.3 Å². The maximum atomic E-state index is 6.11. The monoisotopic (exact) mass is 426 g/mol. The van der Waals surface area contributed by atoms with E-state index in [1.807, 2.05) is 6.07 Å². The van der Waals surface area contributed by atoms with Gasteiger partial charge in [0.2, 0.25) is 0 Å². The zero-order valence-corrected chi connectivity index (χ0v) is 13.7. The molecule has 0 aliphatic heterocycles. The largest absolute Gasteiger partial charge is 0.446 e. The molecule has 90 valence electrons. The second-order valence-electron chi connectivity index (χ2n) is 3.80. The third-order valence-electron chi connectivity index (χ3n) is 2.18. The minimum absolute atomic E-state index is 0.291. The first-order chi connectivity index (χ1) is 7.99. The van der Waals surface area contributed by atoms with E-state index in [0.717, 1.165) is 9.26 Å². The SMILES string of the molecule is CC(C)c1nc(-c2ccc(Br)o2)nc(Cl)c1I. The predicted octanol–water partition coefficient (Wildman–Crippen LogP) is 4.88. The smallest absolute Gasteiger partial charge is 0.197 e. The summed E-state index contributed by atoms with van der Waals surface area (Å²) < 4.78 is 6.98. The van der Waals surface area contributed by atoms with Crippen LogP contribution in [0.2, 0.25) is 5.15 Å². The summed E-state index contributed by atoms with van der Waals surface area (Å²) in [6.07, 6.45) is 0. The molecule has 2 aromatic rings. The molecule has 0 radical (unpaired) electrons. The van der Waals surface area contributed by atoms with Gasteiger partial charge >= 0.3 is 0 Å². The van der Waals surface area contributed by atoms with Gasteiger partial charge in [-0.3, -0.25) is 0 Å². The number of halogens is 3. The molecule has 3 nitrogen and oxygen atoms in total. The summed E-state index contributed by atoms with van der Waals surface area (Å²) in [5.41, 5.74) is 0.938. The lowest BCUT2D eigenvalue weighted by Gasteiger charge is -2.09. The molecular weight excluding hydrogens is 418 g/mol. The van der Waals surface area contributed by atoms with Crippen molar-refractivity contribution in [3.05, 3.63) is 31.2 Å². The van der Waals surface area contributed by atoms with E-state index in [1.54, 1.807) is 6.07 Å². The normalized spacial score (nSPS) is 11.2. The lowest BCUT2D eigenvalue weighted by molar-refractivity contribution is 0.550. The molecule has 0 saturated heterocycles. The summed E-state index contributed by atoms with van der Waals surface area (Å²) in [4.78, 5) is 8.73. The van der Waals surface area contributed by atoms with Crippen molar-refractivity contribution in [2.75, 3.05) is 0 Å². The maximum absolute atomic E-state index is 6.11. The molecule has 0 atom stereocenters. The first kappa shape index (κ1) is 13.3. The Kier molecular flexibility index (Phi) is 4.10. The Bertz CT molecular complexity index is 556. The molecule has 0 aromatic carbocycles. The fourth-order valence-electron chi connectivity index (χ4n) is 1.36. The molecule has 0 bridgehead atoms. The molecule has 2 aromatic heterocycles. The summed E-state index contributed by atoms with van der Waals surface area (Å²) in [7, 11) is 0. The maximum Gasteiger partial charge on any atom is 0.197 e. The van der Waals surface area contributed by atoms with Gasteiger partial charge in [0.05, 0.1) is 9.26 Å². The lowest BCUT2D eigenvalue weighted by atomic mass is 10.1. The topological polar surface area (TPSA) is 38.9 Å². The van der Waals surface area contributed by atoms with Crippen molar-refractivity contribution in [3.63, 3.8) is 0 Å². The standard InChI is InChI=1S/C11H9BrClIN2O/c1-5(2)9-8(14)10(13)16-11(15-9)6-3-4-7(12)17-6/h3-5H,1-2H3. The lowest BCUT2D eigenvalue weighted by Crippen LogP contribution is -2.02. The molecule has 6 heteroatoms. The zero-order chi connectivity index (χ0) is 12.6. The van der Waals surface area contributed by atoms with E-state index in [-0.39, 0.29) is 0 Å². The highest BCUT2D eigenvalue weighted by molar-refractivity contribution is 14.1. The molecule has 0 spiro atoms. The molecule has 0 aliphatic rings. The van der Waals surface area contributed by atoms with E-state index in [4.69, 9.17) is 16.0 Å². The van der Waals surface area contributed by atoms with E-state index < -0.39 is 0 Å². The van der Waals surface area contributed by atoms with Crippen LogP contribution >= 0.6 is 50.1 Å². The number of aromatic nitrogens is 2. The quantitative estimate of drug-likeness (QED) is 0.507.